The Balaban J connectivity index is 1.59. The highest BCUT2D eigenvalue weighted by molar-refractivity contribution is 7.10. The van der Waals surface area contributed by atoms with Crippen LogP contribution in [0.15, 0.2) is 47.8 Å². The van der Waals surface area contributed by atoms with Gasteiger partial charge >= 0.3 is 0 Å². The van der Waals surface area contributed by atoms with Gasteiger partial charge < -0.3 is 10.2 Å². The van der Waals surface area contributed by atoms with Crippen molar-refractivity contribution in [2.75, 3.05) is 11.4 Å². The second kappa shape index (κ2) is 6.10. The molecule has 0 aliphatic carbocycles. The maximum Gasteiger partial charge on any atom is 0.229 e. The monoisotopic (exact) mass is 300 g/mol. The molecule has 21 heavy (non-hydrogen) atoms. The Morgan fingerprint density at radius 3 is 2.76 bits per heavy atom. The van der Waals surface area contributed by atoms with Gasteiger partial charge in [0.1, 0.15) is 0 Å². The maximum atomic E-state index is 12.1. The minimum atomic E-state index is -0.106. The van der Waals surface area contributed by atoms with Crippen LogP contribution in [-0.2, 0) is 16.0 Å². The molecule has 108 valence electrons. The van der Waals surface area contributed by atoms with Crippen LogP contribution in [0.2, 0.25) is 0 Å². The molecule has 1 aromatic carbocycles. The standard InChI is InChI=1S/C16H16N2O2S/c19-15(10-14-7-4-8-21-14)17-12-9-16(20)18(11-12)13-5-2-1-3-6-13/h1-8,12H,9-11H2,(H,17,19)/t12-/m1/s1. The van der Waals surface area contributed by atoms with E-state index in [-0.39, 0.29) is 17.9 Å². The van der Waals surface area contributed by atoms with Crippen LogP contribution in [-0.4, -0.2) is 24.4 Å². The van der Waals surface area contributed by atoms with Crippen molar-refractivity contribution < 1.29 is 9.59 Å². The van der Waals surface area contributed by atoms with Gasteiger partial charge in [-0.2, -0.15) is 0 Å². The van der Waals surface area contributed by atoms with E-state index in [1.54, 1.807) is 16.2 Å². The molecule has 0 spiro atoms. The molecule has 5 heteroatoms. The number of carbonyl (C=O) groups is 2. The number of nitrogens with zero attached hydrogens (tertiary/aromatic N) is 1. The third-order valence-corrected chi connectivity index (χ3v) is 4.35. The summed E-state index contributed by atoms with van der Waals surface area (Å²) >= 11 is 1.57. The normalized spacial score (nSPS) is 18.0. The van der Waals surface area contributed by atoms with E-state index in [1.807, 2.05) is 47.8 Å². The predicted molar refractivity (Wildman–Crippen MR) is 83.4 cm³/mol. The van der Waals surface area contributed by atoms with Crippen molar-refractivity contribution in [1.29, 1.82) is 0 Å². The van der Waals surface area contributed by atoms with Gasteiger partial charge in [0, 0.05) is 23.5 Å². The molecule has 3 rings (SSSR count). The van der Waals surface area contributed by atoms with Crippen LogP contribution < -0.4 is 10.2 Å². The van der Waals surface area contributed by atoms with E-state index in [0.717, 1.165) is 10.6 Å². The van der Waals surface area contributed by atoms with Gasteiger partial charge in [0.25, 0.3) is 0 Å². The summed E-state index contributed by atoms with van der Waals surface area (Å²) < 4.78 is 0. The lowest BCUT2D eigenvalue weighted by Gasteiger charge is -2.17. The smallest absolute Gasteiger partial charge is 0.229 e. The van der Waals surface area contributed by atoms with Crippen molar-refractivity contribution in [3.8, 4) is 0 Å². The van der Waals surface area contributed by atoms with Gasteiger partial charge in [0.15, 0.2) is 0 Å². The zero-order valence-corrected chi connectivity index (χ0v) is 12.3. The lowest BCUT2D eigenvalue weighted by Crippen LogP contribution is -2.37. The van der Waals surface area contributed by atoms with Crippen molar-refractivity contribution in [1.82, 2.24) is 5.32 Å². The summed E-state index contributed by atoms with van der Waals surface area (Å²) in [6.45, 7) is 0.541. The molecule has 0 bridgehead atoms. The highest BCUT2D eigenvalue weighted by Crippen LogP contribution is 2.21. The molecule has 0 saturated carbocycles. The molecule has 1 aliphatic rings. The lowest BCUT2D eigenvalue weighted by molar-refractivity contribution is -0.121. The molecule has 1 aromatic heterocycles. The predicted octanol–water partition coefficient (Wildman–Crippen LogP) is 2.21. The van der Waals surface area contributed by atoms with Gasteiger partial charge in [0.2, 0.25) is 11.8 Å². The number of hydrogen-bond acceptors (Lipinski definition) is 3. The third kappa shape index (κ3) is 3.31. The fourth-order valence-electron chi connectivity index (χ4n) is 2.51. The fourth-order valence-corrected chi connectivity index (χ4v) is 3.22. The minimum absolute atomic E-state index is 0.0230. The summed E-state index contributed by atoms with van der Waals surface area (Å²) in [5, 5.41) is 4.91. The van der Waals surface area contributed by atoms with Gasteiger partial charge in [-0.05, 0) is 23.6 Å². The number of nitrogens with one attached hydrogen (secondary N) is 1. The highest BCUT2D eigenvalue weighted by Gasteiger charge is 2.31. The molecule has 1 N–H and O–H groups in total. The van der Waals surface area contributed by atoms with E-state index in [9.17, 15) is 9.59 Å². The SMILES string of the molecule is O=C(Cc1cccs1)N[C@@H]1CC(=O)N(c2ccccc2)C1. The third-order valence-electron chi connectivity index (χ3n) is 3.47. The van der Waals surface area contributed by atoms with E-state index < -0.39 is 0 Å². The highest BCUT2D eigenvalue weighted by atomic mass is 32.1. The van der Waals surface area contributed by atoms with Crippen LogP contribution >= 0.6 is 11.3 Å². The van der Waals surface area contributed by atoms with Crippen LogP contribution in [0.4, 0.5) is 5.69 Å². The zero-order valence-electron chi connectivity index (χ0n) is 11.5. The first kappa shape index (κ1) is 13.8. The molecular weight excluding hydrogens is 284 g/mol. The number of para-hydroxylation sites is 1. The maximum absolute atomic E-state index is 12.1. The second-order valence-corrected chi connectivity index (χ2v) is 6.10. The number of thiophene rings is 1. The first-order valence-electron chi connectivity index (χ1n) is 6.89. The van der Waals surface area contributed by atoms with E-state index in [0.29, 0.717) is 19.4 Å². The molecular formula is C16H16N2O2S. The van der Waals surface area contributed by atoms with E-state index in [4.69, 9.17) is 0 Å². The quantitative estimate of drug-likeness (QED) is 0.941. The average Bonchev–Trinajstić information content (AvgIpc) is 3.09. The van der Waals surface area contributed by atoms with Gasteiger partial charge in [-0.25, -0.2) is 0 Å². The summed E-state index contributed by atoms with van der Waals surface area (Å²) in [7, 11) is 0. The molecule has 1 aliphatic heterocycles. The van der Waals surface area contributed by atoms with E-state index in [2.05, 4.69) is 5.32 Å². The molecule has 2 heterocycles. The number of hydrogen-bond donors (Lipinski definition) is 1. The first-order chi connectivity index (χ1) is 10.2. The number of rotatable bonds is 4. The van der Waals surface area contributed by atoms with E-state index in [1.165, 1.54) is 0 Å². The van der Waals surface area contributed by atoms with Gasteiger partial charge in [-0.1, -0.05) is 24.3 Å². The second-order valence-electron chi connectivity index (χ2n) is 5.06. The summed E-state index contributed by atoms with van der Waals surface area (Å²) in [5.74, 6) is 0.0350. The Labute approximate surface area is 127 Å². The average molecular weight is 300 g/mol. The molecule has 1 fully saturated rings. The molecule has 2 amide bonds. The summed E-state index contributed by atoms with van der Waals surface area (Å²) in [5.41, 5.74) is 0.887. The number of carbonyl (C=O) groups excluding carboxylic acids is 2. The summed E-state index contributed by atoms with van der Waals surface area (Å²) in [6, 6.07) is 13.3. The fraction of sp³-hybridized carbons (Fsp3) is 0.250. The zero-order chi connectivity index (χ0) is 14.7. The number of benzene rings is 1. The van der Waals surface area contributed by atoms with Crippen molar-refractivity contribution >= 4 is 28.8 Å². The molecule has 2 aromatic rings. The van der Waals surface area contributed by atoms with Crippen molar-refractivity contribution in [3.05, 3.63) is 52.7 Å². The van der Waals surface area contributed by atoms with Gasteiger partial charge in [-0.3, -0.25) is 9.59 Å². The molecule has 1 atom stereocenters. The molecule has 4 nitrogen and oxygen atoms in total. The van der Waals surface area contributed by atoms with Crippen molar-refractivity contribution in [2.24, 2.45) is 0 Å². The Kier molecular flexibility index (Phi) is 4.01. The van der Waals surface area contributed by atoms with Crippen LogP contribution in [0.25, 0.3) is 0 Å². The lowest BCUT2D eigenvalue weighted by atomic mass is 10.2. The Bertz CT molecular complexity index is 625. The van der Waals surface area contributed by atoms with Crippen LogP contribution in [0, 0.1) is 0 Å². The number of amides is 2. The Hall–Kier alpha value is -2.14. The van der Waals surface area contributed by atoms with Crippen molar-refractivity contribution in [3.63, 3.8) is 0 Å². The molecule has 1 saturated heterocycles. The minimum Gasteiger partial charge on any atom is -0.351 e. The van der Waals surface area contributed by atoms with Crippen molar-refractivity contribution in [2.45, 2.75) is 18.9 Å². The molecule has 0 radical (unpaired) electrons. The Morgan fingerprint density at radius 2 is 2.05 bits per heavy atom. The molecule has 0 unspecified atom stereocenters. The largest absolute Gasteiger partial charge is 0.351 e. The Morgan fingerprint density at radius 1 is 1.24 bits per heavy atom. The topological polar surface area (TPSA) is 49.4 Å². The van der Waals surface area contributed by atoms with Gasteiger partial charge in [0.05, 0.1) is 12.5 Å². The number of anilines is 1. The summed E-state index contributed by atoms with van der Waals surface area (Å²) in [6.07, 6.45) is 0.749. The van der Waals surface area contributed by atoms with Crippen LogP contribution in [0.3, 0.4) is 0 Å². The van der Waals surface area contributed by atoms with E-state index >= 15 is 0 Å². The first-order valence-corrected chi connectivity index (χ1v) is 7.77. The van der Waals surface area contributed by atoms with Crippen LogP contribution in [0.1, 0.15) is 11.3 Å². The van der Waals surface area contributed by atoms with Crippen LogP contribution in [0.5, 0.6) is 0 Å². The van der Waals surface area contributed by atoms with Gasteiger partial charge in [-0.15, -0.1) is 11.3 Å². The summed E-state index contributed by atoms with van der Waals surface area (Å²) in [4.78, 5) is 26.8.